The van der Waals surface area contributed by atoms with E-state index in [1.54, 1.807) is 12.1 Å². The molecule has 0 spiro atoms. The minimum atomic E-state index is -0.227. The van der Waals surface area contributed by atoms with Crippen LogP contribution in [0, 0.1) is 17.1 Å². The number of hydrogen-bond acceptors (Lipinski definition) is 5. The van der Waals surface area contributed by atoms with E-state index in [4.69, 9.17) is 5.26 Å². The summed E-state index contributed by atoms with van der Waals surface area (Å²) in [6, 6.07) is 18.1. The molecule has 0 bridgehead atoms. The third-order valence-corrected chi connectivity index (χ3v) is 6.47. The molecule has 2 aliphatic heterocycles. The van der Waals surface area contributed by atoms with Gasteiger partial charge in [0, 0.05) is 57.7 Å². The molecular weight excluding hydrogens is 455 g/mol. The van der Waals surface area contributed by atoms with Crippen LogP contribution in [0.15, 0.2) is 84.7 Å². The van der Waals surface area contributed by atoms with Crippen LogP contribution in [0.5, 0.6) is 0 Å². The second-order valence-electron chi connectivity index (χ2n) is 9.01. The number of piperazine rings is 1. The first-order valence-corrected chi connectivity index (χ1v) is 12.0. The zero-order valence-electron chi connectivity index (χ0n) is 19.9. The summed E-state index contributed by atoms with van der Waals surface area (Å²) in [5, 5.41) is 13.6. The number of anilines is 1. The van der Waals surface area contributed by atoms with Crippen LogP contribution < -0.4 is 4.90 Å². The van der Waals surface area contributed by atoms with Gasteiger partial charge in [-0.2, -0.15) is 10.4 Å². The van der Waals surface area contributed by atoms with Crippen LogP contribution in [-0.4, -0.2) is 58.2 Å². The Morgan fingerprint density at radius 1 is 0.944 bits per heavy atom. The second kappa shape index (κ2) is 10.6. The topological polar surface area (TPSA) is 68.4 Å². The van der Waals surface area contributed by atoms with E-state index in [1.165, 1.54) is 12.1 Å². The molecule has 0 saturated carbocycles. The monoisotopic (exact) mass is 482 g/mol. The van der Waals surface area contributed by atoms with E-state index in [2.05, 4.69) is 16.1 Å². The van der Waals surface area contributed by atoms with Crippen molar-refractivity contribution in [1.82, 2.24) is 19.6 Å². The smallest absolute Gasteiger partial charge is 0.255 e. The lowest BCUT2D eigenvalue weighted by Crippen LogP contribution is -2.48. The van der Waals surface area contributed by atoms with Crippen LogP contribution >= 0.6 is 0 Å². The average molecular weight is 483 g/mol. The molecule has 0 radical (unpaired) electrons. The number of rotatable bonds is 6. The molecule has 7 nitrogen and oxygen atoms in total. The lowest BCUT2D eigenvalue weighted by atomic mass is 10.1. The van der Waals surface area contributed by atoms with Gasteiger partial charge in [-0.1, -0.05) is 36.4 Å². The Kier molecular flexibility index (Phi) is 6.92. The van der Waals surface area contributed by atoms with Gasteiger partial charge < -0.3 is 9.80 Å². The van der Waals surface area contributed by atoms with Gasteiger partial charge in [0.05, 0.1) is 23.8 Å². The first-order valence-electron chi connectivity index (χ1n) is 12.0. The molecule has 3 heterocycles. The highest BCUT2D eigenvalue weighted by Crippen LogP contribution is 2.20. The predicted octanol–water partition coefficient (Wildman–Crippen LogP) is 3.55. The summed E-state index contributed by atoms with van der Waals surface area (Å²) in [7, 11) is 0. The van der Waals surface area contributed by atoms with Gasteiger partial charge >= 0.3 is 0 Å². The van der Waals surface area contributed by atoms with Gasteiger partial charge in [0.1, 0.15) is 5.82 Å². The number of carbonyl (C=O) groups is 1. The molecule has 1 amide bonds. The van der Waals surface area contributed by atoms with Gasteiger partial charge in [0.15, 0.2) is 5.82 Å². The summed E-state index contributed by atoms with van der Waals surface area (Å²) < 4.78 is 15.0. The van der Waals surface area contributed by atoms with Gasteiger partial charge in [0.25, 0.3) is 5.91 Å². The molecule has 2 aliphatic rings. The third-order valence-electron chi connectivity index (χ3n) is 6.47. The average Bonchev–Trinajstić information content (AvgIpc) is 3.39. The van der Waals surface area contributed by atoms with Crippen molar-refractivity contribution in [3.05, 3.63) is 107 Å². The molecule has 1 fully saturated rings. The van der Waals surface area contributed by atoms with E-state index in [9.17, 15) is 9.18 Å². The number of amides is 1. The van der Waals surface area contributed by atoms with Gasteiger partial charge in [-0.05, 0) is 35.4 Å². The Bertz CT molecular complexity index is 1310. The summed E-state index contributed by atoms with van der Waals surface area (Å²) >= 11 is 0. The summed E-state index contributed by atoms with van der Waals surface area (Å²) in [6.45, 7) is 4.88. The fourth-order valence-corrected chi connectivity index (χ4v) is 4.45. The van der Waals surface area contributed by atoms with E-state index >= 15 is 0 Å². The fraction of sp³-hybridized carbons (Fsp3) is 0.250. The molecule has 0 unspecified atom stereocenters. The van der Waals surface area contributed by atoms with E-state index < -0.39 is 0 Å². The van der Waals surface area contributed by atoms with Gasteiger partial charge in [-0.3, -0.25) is 14.4 Å². The maximum absolute atomic E-state index is 13.2. The molecule has 0 atom stereocenters. The summed E-state index contributed by atoms with van der Waals surface area (Å²) in [5.41, 5.74) is 3.42. The maximum Gasteiger partial charge on any atom is 0.255 e. The zero-order valence-corrected chi connectivity index (χ0v) is 19.9. The van der Waals surface area contributed by atoms with Crippen molar-refractivity contribution < 1.29 is 9.18 Å². The molecule has 0 aliphatic carbocycles. The number of aromatic nitrogens is 2. The van der Waals surface area contributed by atoms with Crippen LogP contribution in [0.4, 0.5) is 10.2 Å². The van der Waals surface area contributed by atoms with Crippen LogP contribution in [0.25, 0.3) is 0 Å². The Morgan fingerprint density at radius 2 is 1.64 bits per heavy atom. The van der Waals surface area contributed by atoms with Crippen molar-refractivity contribution in [1.29, 1.82) is 5.26 Å². The SMILES string of the molecule is N#Cc1ccc(Cn2ccc(N3C=C(C(=O)N4CCN(Cc5ccc(F)cc5)CC4)C=CC3)n2)cc1. The zero-order chi connectivity index (χ0) is 24.9. The molecule has 36 heavy (non-hydrogen) atoms. The van der Waals surface area contributed by atoms with Crippen LogP contribution in [0.3, 0.4) is 0 Å². The summed E-state index contributed by atoms with van der Waals surface area (Å²) in [4.78, 5) is 19.4. The Morgan fingerprint density at radius 3 is 2.36 bits per heavy atom. The minimum Gasteiger partial charge on any atom is -0.336 e. The first kappa shape index (κ1) is 23.5. The lowest BCUT2D eigenvalue weighted by Gasteiger charge is -2.35. The molecule has 2 aromatic carbocycles. The van der Waals surface area contributed by atoms with Crippen LogP contribution in [0.2, 0.25) is 0 Å². The van der Waals surface area contributed by atoms with Crippen molar-refractivity contribution in [3.63, 3.8) is 0 Å². The van der Waals surface area contributed by atoms with Crippen molar-refractivity contribution in [2.45, 2.75) is 13.1 Å². The van der Waals surface area contributed by atoms with Gasteiger partial charge in [0.2, 0.25) is 0 Å². The molecule has 0 N–H and O–H groups in total. The van der Waals surface area contributed by atoms with Crippen molar-refractivity contribution >= 4 is 11.7 Å². The normalized spacial score (nSPS) is 16.1. The van der Waals surface area contributed by atoms with Crippen molar-refractivity contribution in [2.75, 3.05) is 37.6 Å². The standard InChI is InChI=1S/C28H27FN6O/c29-26-9-7-23(8-10-26)19-32-14-16-33(17-15-32)28(36)25-2-1-12-34(21-25)27-11-13-35(31-27)20-24-5-3-22(18-30)4-6-24/h1-11,13,21H,12,14-17,19-20H2. The van der Waals surface area contributed by atoms with E-state index in [0.29, 0.717) is 37.3 Å². The van der Waals surface area contributed by atoms with E-state index in [0.717, 1.165) is 36.6 Å². The number of carbonyl (C=O) groups excluding carboxylic acids is 1. The fourth-order valence-electron chi connectivity index (χ4n) is 4.45. The number of nitriles is 1. The maximum atomic E-state index is 13.2. The molecule has 1 aromatic heterocycles. The molecule has 182 valence electrons. The second-order valence-corrected chi connectivity index (χ2v) is 9.01. The lowest BCUT2D eigenvalue weighted by molar-refractivity contribution is -0.128. The van der Waals surface area contributed by atoms with Gasteiger partial charge in [-0.15, -0.1) is 0 Å². The summed E-state index contributed by atoms with van der Waals surface area (Å²) in [6.07, 6.45) is 7.66. The molecular formula is C28H27FN6O. The third kappa shape index (κ3) is 5.53. The highest BCUT2D eigenvalue weighted by molar-refractivity contribution is 5.97. The predicted molar refractivity (Wildman–Crippen MR) is 135 cm³/mol. The Hall–Kier alpha value is -4.22. The minimum absolute atomic E-state index is 0.0226. The Labute approximate surface area is 210 Å². The first-order chi connectivity index (χ1) is 17.6. The number of benzene rings is 2. The molecule has 8 heteroatoms. The van der Waals surface area contributed by atoms with Crippen LogP contribution in [-0.2, 0) is 17.9 Å². The number of nitrogens with zero attached hydrogens (tertiary/aromatic N) is 6. The molecule has 1 saturated heterocycles. The van der Waals surface area contributed by atoms with Crippen molar-refractivity contribution in [3.8, 4) is 6.07 Å². The van der Waals surface area contributed by atoms with Crippen LogP contribution in [0.1, 0.15) is 16.7 Å². The number of hydrogen-bond donors (Lipinski definition) is 0. The number of halogens is 1. The largest absolute Gasteiger partial charge is 0.336 e. The molecule has 3 aromatic rings. The van der Waals surface area contributed by atoms with Crippen molar-refractivity contribution in [2.24, 2.45) is 0 Å². The highest BCUT2D eigenvalue weighted by atomic mass is 19.1. The molecule has 5 rings (SSSR count). The Balaban J connectivity index is 1.18. The quantitative estimate of drug-likeness (QED) is 0.538. The van der Waals surface area contributed by atoms with Gasteiger partial charge in [-0.25, -0.2) is 4.39 Å². The van der Waals surface area contributed by atoms with E-state index in [-0.39, 0.29) is 11.7 Å². The van der Waals surface area contributed by atoms with E-state index in [1.807, 2.05) is 69.4 Å². The summed E-state index contributed by atoms with van der Waals surface area (Å²) in [5.74, 6) is 0.576. The highest BCUT2D eigenvalue weighted by Gasteiger charge is 2.24.